The number of esters is 1. The van der Waals surface area contributed by atoms with E-state index < -0.39 is 4.92 Å². The van der Waals surface area contributed by atoms with E-state index in [1.54, 1.807) is 6.92 Å². The molecule has 7 nitrogen and oxygen atoms in total. The third kappa shape index (κ3) is 5.21. The average molecular weight is 282 g/mol. The number of hydrogen-bond acceptors (Lipinski definition) is 5. The summed E-state index contributed by atoms with van der Waals surface area (Å²) in [6, 6.07) is 2.39. The molecular weight excluding hydrogens is 264 g/mol. The van der Waals surface area contributed by atoms with E-state index in [0.717, 1.165) is 6.42 Å². The first-order valence-corrected chi connectivity index (χ1v) is 6.55. The Morgan fingerprint density at radius 1 is 1.35 bits per heavy atom. The van der Waals surface area contributed by atoms with Gasteiger partial charge in [0.1, 0.15) is 0 Å². The highest BCUT2D eigenvalue weighted by molar-refractivity contribution is 5.69. The van der Waals surface area contributed by atoms with E-state index in [1.807, 2.05) is 0 Å². The molecule has 1 aromatic rings. The van der Waals surface area contributed by atoms with E-state index in [9.17, 15) is 19.7 Å². The number of unbranched alkanes of at least 4 members (excludes halogenated alkanes) is 2. The monoisotopic (exact) mass is 282 g/mol. The topological polar surface area (TPSA) is 91.4 Å². The summed E-state index contributed by atoms with van der Waals surface area (Å²) in [5.74, 6) is -0.222. The van der Waals surface area contributed by atoms with Gasteiger partial charge in [0.2, 0.25) is 0 Å². The van der Waals surface area contributed by atoms with Crippen molar-refractivity contribution in [2.45, 2.75) is 39.2 Å². The van der Waals surface area contributed by atoms with Crippen LogP contribution < -0.4 is 5.56 Å². The summed E-state index contributed by atoms with van der Waals surface area (Å²) in [4.78, 5) is 32.7. The number of ether oxygens (including phenoxy) is 1. The normalized spacial score (nSPS) is 10.2. The Morgan fingerprint density at radius 3 is 2.75 bits per heavy atom. The lowest BCUT2D eigenvalue weighted by molar-refractivity contribution is -0.385. The van der Waals surface area contributed by atoms with Gasteiger partial charge in [-0.05, 0) is 19.8 Å². The van der Waals surface area contributed by atoms with E-state index >= 15 is 0 Å². The highest BCUT2D eigenvalue weighted by atomic mass is 16.6. The minimum atomic E-state index is -0.531. The molecular formula is C13H18N2O5. The van der Waals surface area contributed by atoms with E-state index in [1.165, 1.54) is 22.9 Å². The Bertz CT molecular complexity index is 524. The van der Waals surface area contributed by atoms with Crippen LogP contribution in [0, 0.1) is 10.1 Å². The van der Waals surface area contributed by atoms with Gasteiger partial charge in [-0.2, -0.15) is 0 Å². The smallest absolute Gasteiger partial charge is 0.305 e. The molecule has 1 rings (SSSR count). The number of aryl methyl sites for hydroxylation is 1. The molecule has 0 radical (unpaired) electrons. The minimum absolute atomic E-state index is 0.101. The molecule has 7 heteroatoms. The number of hydrogen-bond donors (Lipinski definition) is 0. The Kier molecular flexibility index (Phi) is 6.42. The van der Waals surface area contributed by atoms with Crippen molar-refractivity contribution in [3.63, 3.8) is 0 Å². The summed E-state index contributed by atoms with van der Waals surface area (Å²) >= 11 is 0. The summed E-state index contributed by atoms with van der Waals surface area (Å²) in [6.45, 7) is 2.54. The minimum Gasteiger partial charge on any atom is -0.466 e. The van der Waals surface area contributed by atoms with Crippen molar-refractivity contribution in [2.24, 2.45) is 0 Å². The fourth-order valence-electron chi connectivity index (χ4n) is 1.76. The molecule has 20 heavy (non-hydrogen) atoms. The maximum atomic E-state index is 11.5. The van der Waals surface area contributed by atoms with Crippen molar-refractivity contribution < 1.29 is 14.5 Å². The van der Waals surface area contributed by atoms with E-state index in [-0.39, 0.29) is 17.2 Å². The largest absolute Gasteiger partial charge is 0.466 e. The molecule has 110 valence electrons. The molecule has 0 unspecified atom stereocenters. The van der Waals surface area contributed by atoms with Crippen LogP contribution in [0.5, 0.6) is 0 Å². The molecule has 0 spiro atoms. The number of nitro groups is 1. The van der Waals surface area contributed by atoms with Crippen molar-refractivity contribution in [1.29, 1.82) is 0 Å². The van der Waals surface area contributed by atoms with Crippen LogP contribution in [0.3, 0.4) is 0 Å². The van der Waals surface area contributed by atoms with Crippen molar-refractivity contribution in [3.8, 4) is 0 Å². The lowest BCUT2D eigenvalue weighted by atomic mass is 10.2. The molecule has 0 saturated carbocycles. The van der Waals surface area contributed by atoms with Crippen LogP contribution in [0.25, 0.3) is 0 Å². The molecule has 0 aliphatic heterocycles. The molecule has 0 aliphatic rings. The molecule has 1 aromatic heterocycles. The van der Waals surface area contributed by atoms with Crippen LogP contribution in [0.4, 0.5) is 5.69 Å². The molecule has 0 N–H and O–H groups in total. The quantitative estimate of drug-likeness (QED) is 0.314. The molecule has 0 bridgehead atoms. The second kappa shape index (κ2) is 8.08. The molecule has 0 aliphatic carbocycles. The Balaban J connectivity index is 2.38. The fraction of sp³-hybridized carbons (Fsp3) is 0.538. The van der Waals surface area contributed by atoms with Crippen molar-refractivity contribution >= 4 is 11.7 Å². The molecule has 1 heterocycles. The number of carbonyl (C=O) groups is 1. The Hall–Kier alpha value is -2.18. The van der Waals surface area contributed by atoms with Gasteiger partial charge in [0.15, 0.2) is 0 Å². The molecule has 0 atom stereocenters. The Labute approximate surface area is 116 Å². The third-order valence-corrected chi connectivity index (χ3v) is 2.76. The number of pyridine rings is 1. The van der Waals surface area contributed by atoms with Gasteiger partial charge < -0.3 is 9.30 Å². The van der Waals surface area contributed by atoms with Gasteiger partial charge in [0.05, 0.1) is 17.7 Å². The van der Waals surface area contributed by atoms with Crippen LogP contribution >= 0.6 is 0 Å². The number of rotatable bonds is 8. The first-order valence-electron chi connectivity index (χ1n) is 6.55. The second-order valence-electron chi connectivity index (χ2n) is 4.29. The fourth-order valence-corrected chi connectivity index (χ4v) is 1.76. The number of aromatic nitrogens is 1. The summed E-state index contributed by atoms with van der Waals surface area (Å²) in [5, 5.41) is 10.6. The average Bonchev–Trinajstić information content (AvgIpc) is 2.40. The van der Waals surface area contributed by atoms with Crippen molar-refractivity contribution in [3.05, 3.63) is 38.8 Å². The van der Waals surface area contributed by atoms with Gasteiger partial charge in [-0.3, -0.25) is 19.7 Å². The van der Waals surface area contributed by atoms with Gasteiger partial charge in [0.25, 0.3) is 11.2 Å². The lowest BCUT2D eigenvalue weighted by Gasteiger charge is -2.05. The van der Waals surface area contributed by atoms with Gasteiger partial charge in [0, 0.05) is 25.1 Å². The van der Waals surface area contributed by atoms with E-state index in [2.05, 4.69) is 0 Å². The first-order chi connectivity index (χ1) is 9.54. The first kappa shape index (κ1) is 15.9. The van der Waals surface area contributed by atoms with Crippen LogP contribution in [-0.4, -0.2) is 22.1 Å². The highest BCUT2D eigenvalue weighted by Crippen LogP contribution is 2.08. The zero-order valence-corrected chi connectivity index (χ0v) is 11.4. The predicted molar refractivity (Wildman–Crippen MR) is 72.5 cm³/mol. The van der Waals surface area contributed by atoms with E-state index in [0.29, 0.717) is 32.4 Å². The van der Waals surface area contributed by atoms with Gasteiger partial charge >= 0.3 is 5.97 Å². The van der Waals surface area contributed by atoms with Gasteiger partial charge in [-0.1, -0.05) is 6.42 Å². The van der Waals surface area contributed by atoms with Crippen LogP contribution in [0.1, 0.15) is 32.6 Å². The zero-order chi connectivity index (χ0) is 15.0. The lowest BCUT2D eigenvalue weighted by Crippen LogP contribution is -2.18. The van der Waals surface area contributed by atoms with Crippen molar-refractivity contribution in [1.82, 2.24) is 4.57 Å². The van der Waals surface area contributed by atoms with Crippen LogP contribution in [0.2, 0.25) is 0 Å². The summed E-state index contributed by atoms with van der Waals surface area (Å²) in [5.41, 5.74) is -0.364. The SMILES string of the molecule is CCOC(=O)CCCCCn1cc([N+](=O)[O-])ccc1=O. The van der Waals surface area contributed by atoms with Crippen LogP contribution in [-0.2, 0) is 16.1 Å². The standard InChI is InChI=1S/C13H18N2O5/c1-2-20-13(17)6-4-3-5-9-14-10-11(15(18)19)7-8-12(14)16/h7-8,10H,2-6,9H2,1H3. The Morgan fingerprint density at radius 2 is 2.10 bits per heavy atom. The van der Waals surface area contributed by atoms with Crippen LogP contribution in [0.15, 0.2) is 23.1 Å². The maximum absolute atomic E-state index is 11.5. The molecule has 0 aromatic carbocycles. The zero-order valence-electron chi connectivity index (χ0n) is 11.4. The molecule has 0 amide bonds. The molecule has 0 saturated heterocycles. The second-order valence-corrected chi connectivity index (χ2v) is 4.29. The van der Waals surface area contributed by atoms with Crippen molar-refractivity contribution in [2.75, 3.05) is 6.61 Å². The highest BCUT2D eigenvalue weighted by Gasteiger charge is 2.07. The van der Waals surface area contributed by atoms with E-state index in [4.69, 9.17) is 4.74 Å². The summed E-state index contributed by atoms with van der Waals surface area (Å²) in [6.07, 6.45) is 3.72. The summed E-state index contributed by atoms with van der Waals surface area (Å²) < 4.78 is 6.12. The maximum Gasteiger partial charge on any atom is 0.305 e. The van der Waals surface area contributed by atoms with Gasteiger partial charge in [-0.25, -0.2) is 0 Å². The summed E-state index contributed by atoms with van der Waals surface area (Å²) in [7, 11) is 0. The number of carbonyl (C=O) groups excluding carboxylic acids is 1. The number of nitrogens with zero attached hydrogens (tertiary/aromatic N) is 2. The van der Waals surface area contributed by atoms with Gasteiger partial charge in [-0.15, -0.1) is 0 Å². The molecule has 0 fully saturated rings. The predicted octanol–water partition coefficient (Wildman–Crippen LogP) is 1.88. The third-order valence-electron chi connectivity index (χ3n) is 2.76.